The molecule has 0 aliphatic rings. The second-order valence-electron chi connectivity index (χ2n) is 5.39. The minimum Gasteiger partial charge on any atom is -0.744 e. The first kappa shape index (κ1) is 27.3. The number of benzene rings is 3. The topological polar surface area (TPSA) is 170 Å². The predicted molar refractivity (Wildman–Crippen MR) is 96.6 cm³/mol. The number of rotatable bonds is 6. The van der Waals surface area contributed by atoms with Crippen molar-refractivity contribution in [3.63, 3.8) is 0 Å². The summed E-state index contributed by atoms with van der Waals surface area (Å²) in [7, 11) is -5.01. The van der Waals surface area contributed by atoms with E-state index in [0.29, 0.717) is 17.7 Å². The summed E-state index contributed by atoms with van der Waals surface area (Å²) in [6, 6.07) is 12.0. The van der Waals surface area contributed by atoms with E-state index in [1.807, 2.05) is 0 Å². The number of hydrogen-bond donors (Lipinski definition) is 2. The molecule has 14 heteroatoms. The molecule has 3 aromatic carbocycles. The number of hydrogen-bond acceptors (Lipinski definition) is 11. The Morgan fingerprint density at radius 3 is 2.33 bits per heavy atom. The minimum atomic E-state index is -5.01. The van der Waals surface area contributed by atoms with E-state index in [-0.39, 0.29) is 80.5 Å². The first-order chi connectivity index (χ1) is 13.3. The molecule has 30 heavy (non-hydrogen) atoms. The van der Waals surface area contributed by atoms with Crippen molar-refractivity contribution >= 4 is 50.0 Å². The Morgan fingerprint density at radius 2 is 1.73 bits per heavy atom. The Morgan fingerprint density at radius 1 is 1.07 bits per heavy atom. The van der Waals surface area contributed by atoms with Gasteiger partial charge in [0.2, 0.25) is 0 Å². The molecule has 146 valence electrons. The van der Waals surface area contributed by atoms with E-state index in [4.69, 9.17) is 5.73 Å². The molecule has 0 unspecified atom stereocenters. The molecule has 3 rings (SSSR count). The van der Waals surface area contributed by atoms with Crippen molar-refractivity contribution in [2.24, 2.45) is 10.2 Å². The third-order valence-electron chi connectivity index (χ3n) is 3.60. The number of nitrogens with zero attached hydrogens (tertiary/aromatic N) is 2. The molecular formula is C16H11N3Na2O7S2. The van der Waals surface area contributed by atoms with Gasteiger partial charge in [-0.1, -0.05) is 18.2 Å². The Bertz CT molecular complexity index is 1160. The number of nitrogen functional groups attached to an aromatic ring is 1. The zero-order chi connectivity index (χ0) is 20.3. The van der Waals surface area contributed by atoms with Gasteiger partial charge in [0, 0.05) is 16.0 Å². The molecule has 3 N–H and O–H groups in total. The van der Waals surface area contributed by atoms with E-state index < -0.39 is 26.5 Å². The average Bonchev–Trinajstić information content (AvgIpc) is 2.65. The summed E-state index contributed by atoms with van der Waals surface area (Å²) in [5.74, 6) is -0.623. The fourth-order valence-corrected chi connectivity index (χ4v) is 3.58. The standard InChI is InChI=1S/C16H13N3O7S2.2Na/c17-12-8-11(27-26-25-21)6-9-7-13(28(22,23)24)15(16(20)14(9)12)19-18-10-4-2-1-3-5-10;;/h1-8,20-21H,17H2,(H,22,23,24);;/q;2*+1/p-2. The fourth-order valence-electron chi connectivity index (χ4n) is 2.48. The van der Waals surface area contributed by atoms with Gasteiger partial charge in [-0.3, -0.25) is 5.04 Å². The summed E-state index contributed by atoms with van der Waals surface area (Å²) in [6.45, 7) is 0. The van der Waals surface area contributed by atoms with Crippen LogP contribution in [0.25, 0.3) is 10.8 Å². The second kappa shape index (κ2) is 11.8. The van der Waals surface area contributed by atoms with E-state index in [9.17, 15) is 23.3 Å². The molecule has 0 atom stereocenters. The normalized spacial score (nSPS) is 11.3. The largest absolute Gasteiger partial charge is 1.00 e. The van der Waals surface area contributed by atoms with Gasteiger partial charge in [0.05, 0.1) is 22.6 Å². The molecule has 0 radical (unpaired) electrons. The molecule has 0 aromatic heterocycles. The quantitative estimate of drug-likeness (QED) is 0.0716. The zero-order valence-electron chi connectivity index (χ0n) is 15.8. The smallest absolute Gasteiger partial charge is 0.744 e. The average molecular weight is 467 g/mol. The molecule has 0 amide bonds. The third-order valence-corrected chi connectivity index (χ3v) is 5.00. The van der Waals surface area contributed by atoms with E-state index in [2.05, 4.69) is 19.6 Å². The number of phenols is 1. The molecule has 0 bridgehead atoms. The van der Waals surface area contributed by atoms with Gasteiger partial charge < -0.3 is 20.7 Å². The SMILES string of the molecule is Nc1cc(SOO[O-])cc2cc(S(=O)(=O)[O-])c(N=Nc3ccccc3)c(O)c12.[Na+].[Na+]. The molecule has 3 aromatic rings. The van der Waals surface area contributed by atoms with Gasteiger partial charge in [0.1, 0.15) is 15.8 Å². The monoisotopic (exact) mass is 467 g/mol. The van der Waals surface area contributed by atoms with Crippen LogP contribution in [-0.2, 0) is 19.5 Å². The Balaban J connectivity index is 0.00000225. The van der Waals surface area contributed by atoms with Crippen LogP contribution in [0.3, 0.4) is 0 Å². The van der Waals surface area contributed by atoms with Gasteiger partial charge in [0.15, 0.2) is 5.75 Å². The number of phenolic OH excluding ortho intramolecular Hbond substituents is 1. The Kier molecular flexibility index (Phi) is 10.7. The molecule has 0 fully saturated rings. The molecule has 0 aliphatic heterocycles. The maximum atomic E-state index is 11.7. The van der Waals surface area contributed by atoms with Crippen molar-refractivity contribution < 1.29 is 91.8 Å². The van der Waals surface area contributed by atoms with Crippen molar-refractivity contribution in [2.45, 2.75) is 9.79 Å². The summed E-state index contributed by atoms with van der Waals surface area (Å²) in [5, 5.41) is 31.6. The van der Waals surface area contributed by atoms with Crippen LogP contribution in [0.15, 0.2) is 68.6 Å². The number of aromatic hydroxyl groups is 1. The molecule has 0 saturated heterocycles. The van der Waals surface area contributed by atoms with Crippen LogP contribution >= 0.6 is 12.0 Å². The third kappa shape index (κ3) is 6.38. The van der Waals surface area contributed by atoms with Crippen molar-refractivity contribution in [1.82, 2.24) is 0 Å². The number of fused-ring (bicyclic) bond motifs is 1. The van der Waals surface area contributed by atoms with Crippen LogP contribution < -0.4 is 70.1 Å². The Labute approximate surface area is 219 Å². The van der Waals surface area contributed by atoms with Crippen molar-refractivity contribution in [1.29, 1.82) is 0 Å². The predicted octanol–water partition coefficient (Wildman–Crippen LogP) is -3.31. The molecule has 10 nitrogen and oxygen atoms in total. The van der Waals surface area contributed by atoms with E-state index in [1.165, 1.54) is 12.1 Å². The Hall–Kier alpha value is -0.740. The maximum Gasteiger partial charge on any atom is 1.00 e. The number of azo groups is 1. The number of anilines is 1. The fraction of sp³-hybridized carbons (Fsp3) is 0. The van der Waals surface area contributed by atoms with Gasteiger partial charge in [-0.2, -0.15) is 9.45 Å². The van der Waals surface area contributed by atoms with Crippen LogP contribution in [0, 0.1) is 0 Å². The van der Waals surface area contributed by atoms with Crippen LogP contribution in [0.4, 0.5) is 17.1 Å². The summed E-state index contributed by atoms with van der Waals surface area (Å²) in [4.78, 5) is -0.507. The first-order valence-corrected chi connectivity index (χ1v) is 9.61. The van der Waals surface area contributed by atoms with E-state index in [1.54, 1.807) is 30.3 Å². The summed E-state index contributed by atoms with van der Waals surface area (Å²) in [6.07, 6.45) is 0. The van der Waals surface area contributed by atoms with E-state index in [0.717, 1.165) is 6.07 Å². The second-order valence-corrected chi connectivity index (χ2v) is 7.51. The van der Waals surface area contributed by atoms with Crippen LogP contribution in [0.1, 0.15) is 0 Å². The van der Waals surface area contributed by atoms with Crippen LogP contribution in [-0.4, -0.2) is 18.1 Å². The van der Waals surface area contributed by atoms with Crippen LogP contribution in [0.2, 0.25) is 0 Å². The van der Waals surface area contributed by atoms with Crippen LogP contribution in [0.5, 0.6) is 5.75 Å². The van der Waals surface area contributed by atoms with Crippen molar-refractivity contribution in [2.75, 3.05) is 5.73 Å². The van der Waals surface area contributed by atoms with Crippen molar-refractivity contribution in [3.05, 3.63) is 48.5 Å². The van der Waals surface area contributed by atoms with Gasteiger partial charge >= 0.3 is 59.1 Å². The van der Waals surface area contributed by atoms with Crippen molar-refractivity contribution in [3.8, 4) is 5.75 Å². The molecule has 0 aliphatic carbocycles. The van der Waals surface area contributed by atoms with Gasteiger partial charge in [0.25, 0.3) is 0 Å². The molecule has 0 saturated carbocycles. The number of nitrogens with two attached hydrogens (primary N) is 1. The van der Waals surface area contributed by atoms with Gasteiger partial charge in [-0.25, -0.2) is 8.42 Å². The first-order valence-electron chi connectivity index (χ1n) is 7.46. The van der Waals surface area contributed by atoms with E-state index >= 15 is 0 Å². The summed E-state index contributed by atoms with van der Waals surface area (Å²) < 4.78 is 39.3. The zero-order valence-corrected chi connectivity index (χ0v) is 21.4. The van der Waals surface area contributed by atoms with Gasteiger partial charge in [-0.15, -0.1) is 5.11 Å². The molecular weight excluding hydrogens is 456 g/mol. The molecule has 0 heterocycles. The summed E-state index contributed by atoms with van der Waals surface area (Å²) in [5.41, 5.74) is 5.79. The van der Waals surface area contributed by atoms with Gasteiger partial charge in [-0.05, 0) is 35.7 Å². The summed E-state index contributed by atoms with van der Waals surface area (Å²) >= 11 is 0.514. The molecule has 0 spiro atoms. The maximum absolute atomic E-state index is 11.7. The minimum absolute atomic E-state index is 0.